The normalized spacial score (nSPS) is 22.7. The zero-order valence-electron chi connectivity index (χ0n) is 10.6. The van der Waals surface area contributed by atoms with E-state index in [0.717, 1.165) is 12.0 Å². The van der Waals surface area contributed by atoms with Crippen molar-refractivity contribution in [1.82, 2.24) is 5.32 Å². The van der Waals surface area contributed by atoms with Crippen LogP contribution in [0.2, 0.25) is 0 Å². The van der Waals surface area contributed by atoms with E-state index >= 15 is 0 Å². The molecule has 2 N–H and O–H groups in total. The molecule has 1 heterocycles. The number of hydrogen-bond acceptors (Lipinski definition) is 4. The monoisotopic (exact) mass is 263 g/mol. The number of carbonyl (C=O) groups excluding carboxylic acids is 1. The molecule has 1 fully saturated rings. The quantitative estimate of drug-likeness (QED) is 0.633. The number of esters is 1. The summed E-state index contributed by atoms with van der Waals surface area (Å²) in [5.41, 5.74) is -0.736. The number of carbonyl (C=O) groups is 2. The van der Waals surface area contributed by atoms with Crippen LogP contribution in [0, 0.1) is 0 Å². The highest BCUT2D eigenvalue weighted by atomic mass is 16.5. The van der Waals surface area contributed by atoms with Gasteiger partial charge in [0.25, 0.3) is 0 Å². The summed E-state index contributed by atoms with van der Waals surface area (Å²) < 4.78 is 5.15. The van der Waals surface area contributed by atoms with Crippen LogP contribution in [-0.2, 0) is 20.9 Å². The predicted octanol–water partition coefficient (Wildman–Crippen LogP) is 1.33. The average Bonchev–Trinajstić information content (AvgIpc) is 2.46. The molecule has 5 nitrogen and oxygen atoms in total. The first-order valence-corrected chi connectivity index (χ1v) is 6.35. The highest BCUT2D eigenvalue weighted by Crippen LogP contribution is 2.22. The second-order valence-electron chi connectivity index (χ2n) is 4.66. The Bertz CT molecular complexity index is 452. The molecule has 5 heteroatoms. The van der Waals surface area contributed by atoms with Crippen LogP contribution in [0.4, 0.5) is 0 Å². The minimum Gasteiger partial charge on any atom is -0.479 e. The van der Waals surface area contributed by atoms with E-state index in [-0.39, 0.29) is 13.0 Å². The second-order valence-corrected chi connectivity index (χ2v) is 4.66. The molecule has 1 aliphatic heterocycles. The van der Waals surface area contributed by atoms with Crippen LogP contribution in [0.15, 0.2) is 30.3 Å². The van der Waals surface area contributed by atoms with Crippen molar-refractivity contribution < 1.29 is 19.4 Å². The third kappa shape index (κ3) is 2.93. The van der Waals surface area contributed by atoms with E-state index in [1.54, 1.807) is 0 Å². The highest BCUT2D eigenvalue weighted by molar-refractivity contribution is 6.04. The van der Waals surface area contributed by atoms with E-state index in [0.29, 0.717) is 13.0 Å². The molecule has 0 amide bonds. The smallest absolute Gasteiger partial charge is 0.338 e. The van der Waals surface area contributed by atoms with Gasteiger partial charge in [-0.15, -0.1) is 0 Å². The fourth-order valence-corrected chi connectivity index (χ4v) is 2.20. The number of carboxylic acids is 1. The molecule has 1 aliphatic rings. The standard InChI is InChI=1S/C14H17NO4/c16-12(17)14(8-4-5-9-15-14)13(18)19-10-11-6-2-1-3-7-11/h1-3,6-7,15H,4-5,8-10H2,(H,16,17). The van der Waals surface area contributed by atoms with Crippen molar-refractivity contribution in [2.75, 3.05) is 6.54 Å². The van der Waals surface area contributed by atoms with Gasteiger partial charge in [0.1, 0.15) is 6.61 Å². The molecule has 1 unspecified atom stereocenters. The minimum absolute atomic E-state index is 0.0936. The van der Waals surface area contributed by atoms with E-state index < -0.39 is 17.5 Å². The maximum atomic E-state index is 12.1. The van der Waals surface area contributed by atoms with Gasteiger partial charge in [-0.05, 0) is 31.4 Å². The van der Waals surface area contributed by atoms with E-state index in [1.807, 2.05) is 30.3 Å². The summed E-state index contributed by atoms with van der Waals surface area (Å²) >= 11 is 0. The van der Waals surface area contributed by atoms with Crippen molar-refractivity contribution in [2.24, 2.45) is 0 Å². The van der Waals surface area contributed by atoms with Gasteiger partial charge in [0.15, 0.2) is 0 Å². The van der Waals surface area contributed by atoms with E-state index in [9.17, 15) is 14.7 Å². The summed E-state index contributed by atoms with van der Waals surface area (Å²) in [6, 6.07) is 9.21. The molecular formula is C14H17NO4. The van der Waals surface area contributed by atoms with E-state index in [2.05, 4.69) is 5.32 Å². The molecular weight excluding hydrogens is 246 g/mol. The summed E-state index contributed by atoms with van der Waals surface area (Å²) in [7, 11) is 0. The Kier molecular flexibility index (Phi) is 4.16. The van der Waals surface area contributed by atoms with Gasteiger partial charge in [-0.1, -0.05) is 30.3 Å². The molecule has 1 aromatic rings. The first-order chi connectivity index (χ1) is 9.15. The molecule has 0 bridgehead atoms. The zero-order chi connectivity index (χ0) is 13.7. The lowest BCUT2D eigenvalue weighted by molar-refractivity contribution is -0.165. The number of rotatable bonds is 4. The topological polar surface area (TPSA) is 75.6 Å². The highest BCUT2D eigenvalue weighted by Gasteiger charge is 2.48. The zero-order valence-corrected chi connectivity index (χ0v) is 10.6. The van der Waals surface area contributed by atoms with Crippen molar-refractivity contribution in [3.63, 3.8) is 0 Å². The number of aliphatic carboxylic acids is 1. The van der Waals surface area contributed by atoms with Crippen molar-refractivity contribution >= 4 is 11.9 Å². The van der Waals surface area contributed by atoms with Gasteiger partial charge in [0.05, 0.1) is 0 Å². The number of benzene rings is 1. The van der Waals surface area contributed by atoms with Gasteiger partial charge in [0, 0.05) is 0 Å². The Morgan fingerprint density at radius 3 is 2.58 bits per heavy atom. The minimum atomic E-state index is -1.58. The van der Waals surface area contributed by atoms with Crippen LogP contribution in [0.5, 0.6) is 0 Å². The molecule has 1 atom stereocenters. The van der Waals surface area contributed by atoms with Crippen LogP contribution in [0.25, 0.3) is 0 Å². The Balaban J connectivity index is 2.02. The fraction of sp³-hybridized carbons (Fsp3) is 0.429. The molecule has 0 aromatic heterocycles. The summed E-state index contributed by atoms with van der Waals surface area (Å²) in [5.74, 6) is -1.87. The number of piperidine rings is 1. The number of nitrogens with one attached hydrogen (secondary N) is 1. The molecule has 2 rings (SSSR count). The summed E-state index contributed by atoms with van der Waals surface area (Å²) in [6.07, 6.45) is 1.86. The number of carboxylic acid groups (broad SMARTS) is 1. The van der Waals surface area contributed by atoms with Gasteiger partial charge in [-0.3, -0.25) is 5.32 Å². The summed E-state index contributed by atoms with van der Waals surface area (Å²) in [6.45, 7) is 0.614. The molecule has 0 saturated carbocycles. The largest absolute Gasteiger partial charge is 0.479 e. The van der Waals surface area contributed by atoms with Crippen LogP contribution >= 0.6 is 0 Å². The first-order valence-electron chi connectivity index (χ1n) is 6.35. The maximum Gasteiger partial charge on any atom is 0.338 e. The first kappa shape index (κ1) is 13.5. The molecule has 1 saturated heterocycles. The van der Waals surface area contributed by atoms with Gasteiger partial charge < -0.3 is 9.84 Å². The molecule has 0 radical (unpaired) electrons. The lowest BCUT2D eigenvalue weighted by atomic mass is 9.89. The van der Waals surface area contributed by atoms with Crippen molar-refractivity contribution in [2.45, 2.75) is 31.4 Å². The lowest BCUT2D eigenvalue weighted by Crippen LogP contribution is -2.60. The SMILES string of the molecule is O=C(O)C1(C(=O)OCc2ccccc2)CCCCN1. The summed E-state index contributed by atoms with van der Waals surface area (Å²) in [4.78, 5) is 23.4. The van der Waals surface area contributed by atoms with Gasteiger partial charge in [-0.2, -0.15) is 0 Å². The third-order valence-electron chi connectivity index (χ3n) is 3.33. The molecule has 19 heavy (non-hydrogen) atoms. The van der Waals surface area contributed by atoms with Gasteiger partial charge in [0.2, 0.25) is 5.54 Å². The van der Waals surface area contributed by atoms with Crippen molar-refractivity contribution in [3.05, 3.63) is 35.9 Å². The Morgan fingerprint density at radius 2 is 2.00 bits per heavy atom. The van der Waals surface area contributed by atoms with Crippen molar-refractivity contribution in [3.8, 4) is 0 Å². The summed E-state index contributed by atoms with van der Waals surface area (Å²) in [5, 5.41) is 12.1. The van der Waals surface area contributed by atoms with Gasteiger partial charge >= 0.3 is 11.9 Å². The Hall–Kier alpha value is -1.88. The van der Waals surface area contributed by atoms with Crippen molar-refractivity contribution in [1.29, 1.82) is 0 Å². The van der Waals surface area contributed by atoms with E-state index in [4.69, 9.17) is 4.74 Å². The van der Waals surface area contributed by atoms with E-state index in [1.165, 1.54) is 0 Å². The molecule has 0 spiro atoms. The molecule has 1 aromatic carbocycles. The average molecular weight is 263 g/mol. The fourth-order valence-electron chi connectivity index (χ4n) is 2.20. The predicted molar refractivity (Wildman–Crippen MR) is 68.5 cm³/mol. The molecule has 102 valence electrons. The van der Waals surface area contributed by atoms with Crippen LogP contribution in [-0.4, -0.2) is 29.1 Å². The van der Waals surface area contributed by atoms with Gasteiger partial charge in [-0.25, -0.2) is 9.59 Å². The maximum absolute atomic E-state index is 12.1. The lowest BCUT2D eigenvalue weighted by Gasteiger charge is -2.31. The third-order valence-corrected chi connectivity index (χ3v) is 3.33. The second kappa shape index (κ2) is 5.84. The van der Waals surface area contributed by atoms with Crippen LogP contribution in [0.1, 0.15) is 24.8 Å². The Morgan fingerprint density at radius 1 is 1.26 bits per heavy atom. The number of ether oxygens (including phenoxy) is 1. The molecule has 0 aliphatic carbocycles. The Labute approximate surface area is 111 Å². The number of hydrogen-bond donors (Lipinski definition) is 2. The van der Waals surface area contributed by atoms with Crippen LogP contribution < -0.4 is 5.32 Å². The van der Waals surface area contributed by atoms with Crippen LogP contribution in [0.3, 0.4) is 0 Å².